The van der Waals surface area contributed by atoms with Crippen molar-refractivity contribution in [3.63, 3.8) is 0 Å². The van der Waals surface area contributed by atoms with Crippen LogP contribution in [-0.4, -0.2) is 51.5 Å². The Hall–Kier alpha value is -1.40. The number of likely N-dealkylation sites (tertiary alicyclic amines) is 1. The van der Waals surface area contributed by atoms with E-state index in [0.717, 1.165) is 31.6 Å². The van der Waals surface area contributed by atoms with Gasteiger partial charge in [-0.3, -0.25) is 14.3 Å². The molecule has 0 aliphatic carbocycles. The van der Waals surface area contributed by atoms with E-state index in [1.807, 2.05) is 18.7 Å². The average Bonchev–Trinajstić information content (AvgIpc) is 2.89. The number of carbonyl (C=O) groups is 2. The van der Waals surface area contributed by atoms with E-state index in [4.69, 9.17) is 0 Å². The van der Waals surface area contributed by atoms with Crippen LogP contribution < -0.4 is 5.32 Å². The number of carbonyl (C=O) groups excluding carboxylic acids is 2. The molecular weight excluding hydrogens is 316 g/mol. The minimum atomic E-state index is 0. The molecule has 1 N–H and O–H groups in total. The highest BCUT2D eigenvalue weighted by Gasteiger charge is 2.31. The van der Waals surface area contributed by atoms with Gasteiger partial charge in [0.25, 0.3) is 0 Å². The summed E-state index contributed by atoms with van der Waals surface area (Å²) < 4.78 is 1.67. The number of aryl methyl sites for hydroxylation is 1. The van der Waals surface area contributed by atoms with Gasteiger partial charge in [0.2, 0.25) is 5.91 Å². The maximum Gasteiger partial charge on any atom is 0.244 e. The number of halogens is 1. The zero-order chi connectivity index (χ0) is 15.9. The number of hydrogen-bond donors (Lipinski definition) is 1. The maximum atomic E-state index is 12.6. The molecule has 2 bridgehead atoms. The maximum absolute atomic E-state index is 12.6. The molecule has 2 saturated heterocycles. The summed E-state index contributed by atoms with van der Waals surface area (Å²) in [6.45, 7) is 7.03. The summed E-state index contributed by atoms with van der Waals surface area (Å²) in [6, 6.07) is 1.01. The lowest BCUT2D eigenvalue weighted by atomic mass is 10.1. The molecule has 0 spiro atoms. The number of ketones is 1. The topological polar surface area (TPSA) is 67.2 Å². The predicted octanol–water partition coefficient (Wildman–Crippen LogP) is 1.48. The van der Waals surface area contributed by atoms with Crippen molar-refractivity contribution in [2.75, 3.05) is 13.1 Å². The van der Waals surface area contributed by atoms with Crippen LogP contribution in [0, 0.1) is 13.8 Å². The van der Waals surface area contributed by atoms with Gasteiger partial charge in [0.05, 0.1) is 11.3 Å². The van der Waals surface area contributed by atoms with Crippen LogP contribution in [-0.2, 0) is 11.3 Å². The summed E-state index contributed by atoms with van der Waals surface area (Å²) in [7, 11) is 0. The molecule has 1 amide bonds. The standard InChI is InChI=1S/C16H24N4O2.ClH/c1-10-16(12(3)21)11(2)20(18-10)9-15(22)19-7-6-13-4-5-14(8-19)17-13;/h13-14,17H,4-9H2,1-3H3;1H/t13-,14+;/m1./s1. The van der Waals surface area contributed by atoms with Gasteiger partial charge in [-0.1, -0.05) is 0 Å². The lowest BCUT2D eigenvalue weighted by Crippen LogP contribution is -2.40. The van der Waals surface area contributed by atoms with E-state index in [2.05, 4.69) is 10.4 Å². The lowest BCUT2D eigenvalue weighted by molar-refractivity contribution is -0.132. The molecule has 0 saturated carbocycles. The molecule has 1 aromatic rings. The lowest BCUT2D eigenvalue weighted by Gasteiger charge is -2.24. The molecular formula is C16H25ClN4O2. The second kappa shape index (κ2) is 7.01. The third kappa shape index (κ3) is 3.58. The third-order valence-corrected chi connectivity index (χ3v) is 4.89. The second-order valence-corrected chi connectivity index (χ2v) is 6.53. The van der Waals surface area contributed by atoms with Gasteiger partial charge in [0, 0.05) is 30.9 Å². The third-order valence-electron chi connectivity index (χ3n) is 4.89. The summed E-state index contributed by atoms with van der Waals surface area (Å²) in [4.78, 5) is 26.2. The zero-order valence-corrected chi connectivity index (χ0v) is 14.8. The smallest absolute Gasteiger partial charge is 0.244 e. The number of fused-ring (bicyclic) bond motifs is 2. The first-order chi connectivity index (χ1) is 10.5. The first-order valence-electron chi connectivity index (χ1n) is 8.04. The van der Waals surface area contributed by atoms with Crippen molar-refractivity contribution < 1.29 is 9.59 Å². The zero-order valence-electron chi connectivity index (χ0n) is 14.0. The summed E-state index contributed by atoms with van der Waals surface area (Å²) >= 11 is 0. The van der Waals surface area contributed by atoms with Crippen LogP contribution >= 0.6 is 12.4 Å². The van der Waals surface area contributed by atoms with Gasteiger partial charge < -0.3 is 10.2 Å². The first kappa shape index (κ1) is 17.9. The van der Waals surface area contributed by atoms with Gasteiger partial charge in [-0.25, -0.2) is 0 Å². The van der Waals surface area contributed by atoms with Crippen molar-refractivity contribution in [1.29, 1.82) is 0 Å². The number of Topliss-reactive ketones (excluding diaryl/α,β-unsaturated/α-hetero) is 1. The van der Waals surface area contributed by atoms with Gasteiger partial charge in [-0.2, -0.15) is 5.10 Å². The van der Waals surface area contributed by atoms with Crippen LogP contribution in [0.3, 0.4) is 0 Å². The summed E-state index contributed by atoms with van der Waals surface area (Å²) in [5, 5.41) is 7.95. The Morgan fingerprint density at radius 3 is 2.57 bits per heavy atom. The fraction of sp³-hybridized carbons (Fsp3) is 0.688. The predicted molar refractivity (Wildman–Crippen MR) is 90.1 cm³/mol. The van der Waals surface area contributed by atoms with Crippen molar-refractivity contribution in [2.45, 2.75) is 58.7 Å². The molecule has 128 valence electrons. The minimum absolute atomic E-state index is 0. The monoisotopic (exact) mass is 340 g/mol. The molecule has 2 atom stereocenters. The van der Waals surface area contributed by atoms with Crippen molar-refractivity contribution in [3.05, 3.63) is 17.0 Å². The van der Waals surface area contributed by atoms with E-state index in [1.54, 1.807) is 11.6 Å². The highest BCUT2D eigenvalue weighted by atomic mass is 35.5. The molecule has 0 radical (unpaired) electrons. The van der Waals surface area contributed by atoms with Crippen molar-refractivity contribution >= 4 is 24.1 Å². The van der Waals surface area contributed by atoms with Gasteiger partial charge in [0.15, 0.2) is 5.78 Å². The second-order valence-electron chi connectivity index (χ2n) is 6.53. The van der Waals surface area contributed by atoms with E-state index in [1.165, 1.54) is 6.42 Å². The van der Waals surface area contributed by atoms with Gasteiger partial charge in [-0.05, 0) is 40.0 Å². The molecule has 0 unspecified atom stereocenters. The Balaban J connectivity index is 0.00000192. The molecule has 7 heteroatoms. The first-order valence-corrected chi connectivity index (χ1v) is 8.04. The number of rotatable bonds is 3. The highest BCUT2D eigenvalue weighted by Crippen LogP contribution is 2.21. The quantitative estimate of drug-likeness (QED) is 0.846. The number of aromatic nitrogens is 2. The Morgan fingerprint density at radius 2 is 1.91 bits per heavy atom. The molecule has 3 heterocycles. The molecule has 1 aromatic heterocycles. The van der Waals surface area contributed by atoms with E-state index >= 15 is 0 Å². The van der Waals surface area contributed by atoms with Crippen molar-refractivity contribution in [3.8, 4) is 0 Å². The van der Waals surface area contributed by atoms with E-state index in [-0.39, 0.29) is 30.6 Å². The number of nitrogens with one attached hydrogen (secondary N) is 1. The van der Waals surface area contributed by atoms with E-state index in [0.29, 0.717) is 23.3 Å². The number of hydrogen-bond acceptors (Lipinski definition) is 4. The molecule has 2 aliphatic heterocycles. The molecule has 2 fully saturated rings. The minimum Gasteiger partial charge on any atom is -0.339 e. The molecule has 0 aromatic carbocycles. The molecule has 2 aliphatic rings. The van der Waals surface area contributed by atoms with E-state index in [9.17, 15) is 9.59 Å². The van der Waals surface area contributed by atoms with Crippen LogP contribution in [0.25, 0.3) is 0 Å². The van der Waals surface area contributed by atoms with Crippen molar-refractivity contribution in [1.82, 2.24) is 20.0 Å². The van der Waals surface area contributed by atoms with Crippen LogP contribution in [0.5, 0.6) is 0 Å². The highest BCUT2D eigenvalue weighted by molar-refractivity contribution is 5.96. The van der Waals surface area contributed by atoms with Crippen LogP contribution in [0.4, 0.5) is 0 Å². The SMILES string of the molecule is CC(=O)c1c(C)nn(CC(=O)N2CC[C@H]3CC[C@@H](C2)N3)c1C.Cl. The number of nitrogens with zero attached hydrogens (tertiary/aromatic N) is 3. The van der Waals surface area contributed by atoms with Crippen LogP contribution in [0.2, 0.25) is 0 Å². The summed E-state index contributed by atoms with van der Waals surface area (Å²) in [5.41, 5.74) is 2.13. The number of amides is 1. The Bertz CT molecular complexity index is 613. The van der Waals surface area contributed by atoms with Crippen LogP contribution in [0.15, 0.2) is 0 Å². The normalized spacial score (nSPS) is 23.3. The van der Waals surface area contributed by atoms with Crippen molar-refractivity contribution in [2.24, 2.45) is 0 Å². The van der Waals surface area contributed by atoms with Gasteiger partial charge in [-0.15, -0.1) is 12.4 Å². The molecule has 6 nitrogen and oxygen atoms in total. The fourth-order valence-electron chi connectivity index (χ4n) is 3.76. The average molecular weight is 341 g/mol. The largest absolute Gasteiger partial charge is 0.339 e. The molecule has 23 heavy (non-hydrogen) atoms. The Labute approximate surface area is 143 Å². The molecule has 3 rings (SSSR count). The fourth-order valence-corrected chi connectivity index (χ4v) is 3.76. The Morgan fingerprint density at radius 1 is 1.22 bits per heavy atom. The summed E-state index contributed by atoms with van der Waals surface area (Å²) in [5.74, 6) is 0.0973. The summed E-state index contributed by atoms with van der Waals surface area (Å²) in [6.07, 6.45) is 3.41. The van der Waals surface area contributed by atoms with Gasteiger partial charge in [0.1, 0.15) is 6.54 Å². The van der Waals surface area contributed by atoms with Crippen LogP contribution in [0.1, 0.15) is 47.9 Å². The van der Waals surface area contributed by atoms with E-state index < -0.39 is 0 Å². The Kier molecular flexibility index (Phi) is 5.47. The van der Waals surface area contributed by atoms with Gasteiger partial charge >= 0.3 is 0 Å².